The van der Waals surface area contributed by atoms with Gasteiger partial charge in [0.1, 0.15) is 5.75 Å². The lowest BCUT2D eigenvalue weighted by atomic mass is 10.2. The minimum Gasteiger partial charge on any atom is -0.497 e. The van der Waals surface area contributed by atoms with E-state index in [9.17, 15) is 4.79 Å². The monoisotopic (exact) mass is 370 g/mol. The molecule has 0 saturated heterocycles. The highest BCUT2D eigenvalue weighted by Gasteiger charge is 2.12. The maximum atomic E-state index is 13.2. The molecule has 1 aromatic heterocycles. The first-order valence-electron chi connectivity index (χ1n) is 8.76. The van der Waals surface area contributed by atoms with Crippen LogP contribution in [0.4, 0.5) is 5.95 Å². The summed E-state index contributed by atoms with van der Waals surface area (Å²) in [6.07, 6.45) is 1.68. The van der Waals surface area contributed by atoms with Crippen LogP contribution in [-0.4, -0.2) is 22.9 Å². The summed E-state index contributed by atoms with van der Waals surface area (Å²) < 4.78 is 6.79. The number of hydrogen-bond donors (Lipinski definition) is 1. The molecule has 4 rings (SSSR count). The summed E-state index contributed by atoms with van der Waals surface area (Å²) in [5.74, 6) is 0.973. The molecule has 0 aliphatic carbocycles. The number of fused-ring (bicyclic) bond motifs is 1. The van der Waals surface area contributed by atoms with Crippen LogP contribution in [0.25, 0.3) is 16.6 Å². The Labute approximate surface area is 161 Å². The molecule has 6 nitrogen and oxygen atoms in total. The Hall–Kier alpha value is -3.93. The molecule has 0 unspecified atom stereocenters. The summed E-state index contributed by atoms with van der Waals surface area (Å²) in [5, 5.41) is 4.79. The van der Waals surface area contributed by atoms with Crippen LogP contribution in [0, 0.1) is 0 Å². The SMILES string of the molecule is COc1cccc(-n2c(N/N=C\c3ccccc3)nc3ccccc3c2=O)c1. The summed E-state index contributed by atoms with van der Waals surface area (Å²) in [5.41, 5.74) is 4.90. The highest BCUT2D eigenvalue weighted by molar-refractivity contribution is 5.81. The molecular formula is C22H18N4O2. The van der Waals surface area contributed by atoms with Crippen molar-refractivity contribution >= 4 is 23.1 Å². The van der Waals surface area contributed by atoms with Crippen LogP contribution >= 0.6 is 0 Å². The molecule has 0 radical (unpaired) electrons. The summed E-state index contributed by atoms with van der Waals surface area (Å²) >= 11 is 0. The number of hydrogen-bond acceptors (Lipinski definition) is 5. The second-order valence-electron chi connectivity index (χ2n) is 6.08. The van der Waals surface area contributed by atoms with E-state index in [1.54, 1.807) is 31.5 Å². The smallest absolute Gasteiger partial charge is 0.267 e. The molecule has 4 aromatic rings. The highest BCUT2D eigenvalue weighted by atomic mass is 16.5. The molecule has 0 spiro atoms. The van der Waals surface area contributed by atoms with Crippen LogP contribution in [0.15, 0.2) is 88.8 Å². The average molecular weight is 370 g/mol. The molecule has 0 fully saturated rings. The van der Waals surface area contributed by atoms with E-state index in [4.69, 9.17) is 4.74 Å². The Morgan fingerprint density at radius 3 is 2.61 bits per heavy atom. The lowest BCUT2D eigenvalue weighted by Gasteiger charge is -2.13. The zero-order chi connectivity index (χ0) is 19.3. The predicted molar refractivity (Wildman–Crippen MR) is 112 cm³/mol. The Morgan fingerprint density at radius 2 is 1.79 bits per heavy atom. The standard InChI is InChI=1S/C22H18N4O2/c1-28-18-11-7-10-17(14-18)26-21(27)19-12-5-6-13-20(19)24-22(26)25-23-15-16-8-3-2-4-9-16/h2-15H,1H3,(H,24,25)/b23-15-. The van der Waals surface area contributed by atoms with Crippen molar-refractivity contribution in [1.29, 1.82) is 0 Å². The summed E-state index contributed by atoms with van der Waals surface area (Å²) in [6, 6.07) is 24.2. The molecule has 3 aromatic carbocycles. The first-order chi connectivity index (χ1) is 13.8. The molecule has 0 atom stereocenters. The molecule has 28 heavy (non-hydrogen) atoms. The van der Waals surface area contributed by atoms with Gasteiger partial charge in [-0.3, -0.25) is 4.79 Å². The topological polar surface area (TPSA) is 68.5 Å². The summed E-state index contributed by atoms with van der Waals surface area (Å²) in [4.78, 5) is 17.8. The van der Waals surface area contributed by atoms with E-state index in [1.165, 1.54) is 4.57 Å². The van der Waals surface area contributed by atoms with E-state index < -0.39 is 0 Å². The van der Waals surface area contributed by atoms with Crippen LogP contribution in [0.3, 0.4) is 0 Å². The van der Waals surface area contributed by atoms with Crippen LogP contribution in [-0.2, 0) is 0 Å². The zero-order valence-electron chi connectivity index (χ0n) is 15.2. The van der Waals surface area contributed by atoms with Gasteiger partial charge >= 0.3 is 0 Å². The Kier molecular flexibility index (Phi) is 4.84. The number of benzene rings is 3. The third kappa shape index (κ3) is 3.48. The van der Waals surface area contributed by atoms with Gasteiger partial charge < -0.3 is 4.74 Å². The van der Waals surface area contributed by atoms with E-state index in [1.807, 2.05) is 60.7 Å². The lowest BCUT2D eigenvalue weighted by Crippen LogP contribution is -2.22. The second kappa shape index (κ2) is 7.75. The quantitative estimate of drug-likeness (QED) is 0.428. The van der Waals surface area contributed by atoms with Crippen molar-refractivity contribution in [3.63, 3.8) is 0 Å². The van der Waals surface area contributed by atoms with Gasteiger partial charge in [0.25, 0.3) is 5.56 Å². The minimum atomic E-state index is -0.184. The molecule has 138 valence electrons. The van der Waals surface area contributed by atoms with Gasteiger partial charge in [-0.2, -0.15) is 5.10 Å². The van der Waals surface area contributed by atoms with E-state index in [0.29, 0.717) is 28.3 Å². The maximum Gasteiger partial charge on any atom is 0.267 e. The van der Waals surface area contributed by atoms with E-state index in [0.717, 1.165) is 5.56 Å². The van der Waals surface area contributed by atoms with Crippen LogP contribution in [0.1, 0.15) is 5.56 Å². The summed E-state index contributed by atoms with van der Waals surface area (Å²) in [6.45, 7) is 0. The molecule has 0 aliphatic rings. The van der Waals surface area contributed by atoms with Crippen LogP contribution < -0.4 is 15.7 Å². The first kappa shape index (κ1) is 17.5. The minimum absolute atomic E-state index is 0.184. The fraction of sp³-hybridized carbons (Fsp3) is 0.0455. The van der Waals surface area contributed by atoms with Gasteiger partial charge in [0.15, 0.2) is 0 Å². The number of nitrogens with one attached hydrogen (secondary N) is 1. The molecule has 0 bridgehead atoms. The number of ether oxygens (including phenoxy) is 1. The average Bonchev–Trinajstić information content (AvgIpc) is 2.75. The fourth-order valence-corrected chi connectivity index (χ4v) is 2.90. The Bertz CT molecular complexity index is 1200. The number of aromatic nitrogens is 2. The van der Waals surface area contributed by atoms with Crippen molar-refractivity contribution in [2.24, 2.45) is 5.10 Å². The van der Waals surface area contributed by atoms with Gasteiger partial charge in [-0.25, -0.2) is 15.0 Å². The molecule has 0 aliphatic heterocycles. The van der Waals surface area contributed by atoms with Crippen molar-refractivity contribution in [1.82, 2.24) is 9.55 Å². The third-order valence-corrected chi connectivity index (χ3v) is 4.26. The van der Waals surface area contributed by atoms with E-state index >= 15 is 0 Å². The van der Waals surface area contributed by atoms with Crippen LogP contribution in [0.5, 0.6) is 5.75 Å². The summed E-state index contributed by atoms with van der Waals surface area (Å²) in [7, 11) is 1.59. The number of anilines is 1. The van der Waals surface area contributed by atoms with Crippen LogP contribution in [0.2, 0.25) is 0 Å². The zero-order valence-corrected chi connectivity index (χ0v) is 15.2. The molecular weight excluding hydrogens is 352 g/mol. The maximum absolute atomic E-state index is 13.2. The van der Waals surface area contributed by atoms with Crippen molar-refractivity contribution < 1.29 is 4.74 Å². The van der Waals surface area contributed by atoms with Crippen molar-refractivity contribution in [3.8, 4) is 11.4 Å². The Balaban J connectivity index is 1.83. The Morgan fingerprint density at radius 1 is 1.00 bits per heavy atom. The van der Waals surface area contributed by atoms with Crippen molar-refractivity contribution in [3.05, 3.63) is 94.8 Å². The number of rotatable bonds is 5. The van der Waals surface area contributed by atoms with Gasteiger partial charge in [0.2, 0.25) is 5.95 Å². The number of nitrogens with zero attached hydrogens (tertiary/aromatic N) is 3. The fourth-order valence-electron chi connectivity index (χ4n) is 2.90. The van der Waals surface area contributed by atoms with Gasteiger partial charge in [-0.1, -0.05) is 48.5 Å². The van der Waals surface area contributed by atoms with Gasteiger partial charge in [0, 0.05) is 6.07 Å². The largest absolute Gasteiger partial charge is 0.497 e. The number of methoxy groups -OCH3 is 1. The number of hydrazone groups is 1. The number of para-hydroxylation sites is 1. The third-order valence-electron chi connectivity index (χ3n) is 4.26. The van der Waals surface area contributed by atoms with Gasteiger partial charge in [0.05, 0.1) is 29.9 Å². The second-order valence-corrected chi connectivity index (χ2v) is 6.08. The molecule has 1 N–H and O–H groups in total. The molecule has 0 saturated carbocycles. The first-order valence-corrected chi connectivity index (χ1v) is 8.76. The van der Waals surface area contributed by atoms with E-state index in [2.05, 4.69) is 15.5 Å². The van der Waals surface area contributed by atoms with E-state index in [-0.39, 0.29) is 5.56 Å². The van der Waals surface area contributed by atoms with Gasteiger partial charge in [-0.15, -0.1) is 0 Å². The highest BCUT2D eigenvalue weighted by Crippen LogP contribution is 2.20. The molecule has 0 amide bonds. The van der Waals surface area contributed by atoms with Gasteiger partial charge in [-0.05, 0) is 29.8 Å². The normalized spacial score (nSPS) is 11.0. The molecule has 6 heteroatoms. The lowest BCUT2D eigenvalue weighted by molar-refractivity contribution is 0.414. The molecule has 1 heterocycles. The predicted octanol–water partition coefficient (Wildman–Crippen LogP) is 3.84. The van der Waals surface area contributed by atoms with Crippen molar-refractivity contribution in [2.45, 2.75) is 0 Å². The van der Waals surface area contributed by atoms with Crippen molar-refractivity contribution in [2.75, 3.05) is 12.5 Å².